The minimum atomic E-state index is 0.340. The van der Waals surface area contributed by atoms with Gasteiger partial charge in [-0.05, 0) is 42.5 Å². The van der Waals surface area contributed by atoms with Crippen molar-refractivity contribution >= 4 is 46.3 Å². The van der Waals surface area contributed by atoms with Crippen molar-refractivity contribution in [1.29, 1.82) is 0 Å². The summed E-state index contributed by atoms with van der Waals surface area (Å²) in [6.45, 7) is 0. The van der Waals surface area contributed by atoms with Crippen LogP contribution in [0.2, 0.25) is 10.0 Å². The lowest BCUT2D eigenvalue weighted by molar-refractivity contribution is 0.415. The minimum absolute atomic E-state index is 0.340. The topological polar surface area (TPSA) is 72.0 Å². The highest BCUT2D eigenvalue weighted by Crippen LogP contribution is 2.26. The molecule has 1 heterocycles. The van der Waals surface area contributed by atoms with E-state index < -0.39 is 0 Å². The fraction of sp³-hybridized carbons (Fsp3) is 0.0625. The van der Waals surface area contributed by atoms with Gasteiger partial charge in [-0.1, -0.05) is 23.2 Å². The Morgan fingerprint density at radius 1 is 0.917 bits per heavy atom. The van der Waals surface area contributed by atoms with Crippen LogP contribution in [0.1, 0.15) is 0 Å². The molecule has 6 nitrogen and oxygen atoms in total. The Balaban J connectivity index is 1.74. The lowest BCUT2D eigenvalue weighted by Crippen LogP contribution is -2.02. The van der Waals surface area contributed by atoms with Crippen molar-refractivity contribution in [2.75, 3.05) is 17.7 Å². The number of nitrogens with zero attached hydrogens (tertiary/aromatic N) is 3. The molecule has 1 aromatic heterocycles. The molecule has 0 radical (unpaired) electrons. The Bertz CT molecular complexity index is 842. The maximum absolute atomic E-state index is 5.99. The Kier molecular flexibility index (Phi) is 4.98. The number of benzene rings is 2. The Morgan fingerprint density at radius 3 is 2.38 bits per heavy atom. The summed E-state index contributed by atoms with van der Waals surface area (Å²) >= 11 is 11.9. The van der Waals surface area contributed by atoms with Crippen LogP contribution in [-0.4, -0.2) is 22.3 Å². The maximum Gasteiger partial charge on any atom is 0.249 e. The molecule has 0 bridgehead atoms. The summed E-state index contributed by atoms with van der Waals surface area (Å²) in [5, 5.41) is 15.0. The van der Waals surface area contributed by atoms with E-state index in [1.165, 1.54) is 6.20 Å². The largest absolute Gasteiger partial charge is 0.497 e. The highest BCUT2D eigenvalue weighted by atomic mass is 35.5. The second kappa shape index (κ2) is 7.33. The molecule has 0 amide bonds. The van der Waals surface area contributed by atoms with Crippen LogP contribution >= 0.6 is 23.2 Å². The molecule has 0 saturated carbocycles. The molecule has 0 aliphatic rings. The smallest absolute Gasteiger partial charge is 0.249 e. The van der Waals surface area contributed by atoms with E-state index >= 15 is 0 Å². The van der Waals surface area contributed by atoms with Crippen LogP contribution in [0.5, 0.6) is 5.75 Å². The number of halogens is 2. The van der Waals surface area contributed by atoms with Crippen LogP contribution in [0, 0.1) is 0 Å². The van der Waals surface area contributed by atoms with Crippen LogP contribution in [0.3, 0.4) is 0 Å². The lowest BCUT2D eigenvalue weighted by atomic mass is 10.3. The molecule has 3 aromatic rings. The van der Waals surface area contributed by atoms with Crippen LogP contribution in [0.15, 0.2) is 48.7 Å². The van der Waals surface area contributed by atoms with Crippen LogP contribution in [0.4, 0.5) is 23.1 Å². The molecule has 0 atom stereocenters. The highest BCUT2D eigenvalue weighted by molar-refractivity contribution is 6.42. The SMILES string of the molecule is COc1ccc(Nc2cnnc(Nc3ccc(Cl)c(Cl)c3)n2)cc1. The van der Waals surface area contributed by atoms with Gasteiger partial charge in [-0.3, -0.25) is 0 Å². The monoisotopic (exact) mass is 361 g/mol. The molecular formula is C16H13Cl2N5O. The molecule has 24 heavy (non-hydrogen) atoms. The number of anilines is 4. The average molecular weight is 362 g/mol. The third-order valence-corrected chi connectivity index (χ3v) is 3.84. The van der Waals surface area contributed by atoms with E-state index in [1.54, 1.807) is 25.3 Å². The molecule has 2 N–H and O–H groups in total. The summed E-state index contributed by atoms with van der Waals surface area (Å²) in [6.07, 6.45) is 1.53. The van der Waals surface area contributed by atoms with Crippen molar-refractivity contribution < 1.29 is 4.74 Å². The zero-order valence-corrected chi connectivity index (χ0v) is 14.1. The van der Waals surface area contributed by atoms with E-state index in [0.29, 0.717) is 27.5 Å². The van der Waals surface area contributed by atoms with Gasteiger partial charge in [-0.15, -0.1) is 5.10 Å². The molecule has 0 aliphatic heterocycles. The van der Waals surface area contributed by atoms with Gasteiger partial charge in [0.05, 0.1) is 23.4 Å². The van der Waals surface area contributed by atoms with E-state index in [4.69, 9.17) is 27.9 Å². The first-order valence-electron chi connectivity index (χ1n) is 6.97. The van der Waals surface area contributed by atoms with Crippen molar-refractivity contribution in [2.45, 2.75) is 0 Å². The number of hydrogen-bond donors (Lipinski definition) is 2. The molecule has 0 fully saturated rings. The van der Waals surface area contributed by atoms with E-state index in [1.807, 2.05) is 24.3 Å². The van der Waals surface area contributed by atoms with Crippen molar-refractivity contribution in [3.05, 3.63) is 58.7 Å². The summed E-state index contributed by atoms with van der Waals surface area (Å²) in [7, 11) is 1.62. The van der Waals surface area contributed by atoms with Crippen LogP contribution < -0.4 is 15.4 Å². The Labute approximate surface area is 148 Å². The third kappa shape index (κ3) is 4.04. The summed E-state index contributed by atoms with van der Waals surface area (Å²) in [4.78, 5) is 4.35. The van der Waals surface area contributed by atoms with Gasteiger partial charge in [-0.2, -0.15) is 10.1 Å². The number of methoxy groups -OCH3 is 1. The Morgan fingerprint density at radius 2 is 1.67 bits per heavy atom. The average Bonchev–Trinajstić information content (AvgIpc) is 2.59. The summed E-state index contributed by atoms with van der Waals surface area (Å²) in [5.74, 6) is 1.67. The number of ether oxygens (including phenoxy) is 1. The highest BCUT2D eigenvalue weighted by Gasteiger charge is 2.04. The molecular weight excluding hydrogens is 349 g/mol. The van der Waals surface area contributed by atoms with Gasteiger partial charge in [0, 0.05) is 11.4 Å². The zero-order chi connectivity index (χ0) is 16.9. The summed E-state index contributed by atoms with van der Waals surface area (Å²) < 4.78 is 5.13. The van der Waals surface area contributed by atoms with E-state index in [9.17, 15) is 0 Å². The maximum atomic E-state index is 5.99. The van der Waals surface area contributed by atoms with E-state index in [0.717, 1.165) is 11.4 Å². The van der Waals surface area contributed by atoms with E-state index in [-0.39, 0.29) is 0 Å². The molecule has 122 valence electrons. The molecule has 0 aliphatic carbocycles. The van der Waals surface area contributed by atoms with Gasteiger partial charge in [0.25, 0.3) is 0 Å². The quantitative estimate of drug-likeness (QED) is 0.687. The van der Waals surface area contributed by atoms with Gasteiger partial charge in [0.15, 0.2) is 5.82 Å². The molecule has 8 heteroatoms. The fourth-order valence-electron chi connectivity index (χ4n) is 1.94. The first-order valence-corrected chi connectivity index (χ1v) is 7.72. The van der Waals surface area contributed by atoms with Gasteiger partial charge in [0.2, 0.25) is 5.95 Å². The van der Waals surface area contributed by atoms with Gasteiger partial charge < -0.3 is 15.4 Å². The zero-order valence-electron chi connectivity index (χ0n) is 12.6. The second-order valence-corrected chi connectivity index (χ2v) is 5.59. The van der Waals surface area contributed by atoms with Gasteiger partial charge in [0.1, 0.15) is 5.75 Å². The molecule has 3 rings (SSSR count). The molecule has 0 spiro atoms. The predicted octanol–water partition coefficient (Wildman–Crippen LogP) is 4.67. The molecule has 0 unspecified atom stereocenters. The number of rotatable bonds is 5. The normalized spacial score (nSPS) is 10.3. The van der Waals surface area contributed by atoms with Crippen molar-refractivity contribution in [1.82, 2.24) is 15.2 Å². The van der Waals surface area contributed by atoms with Crippen molar-refractivity contribution in [3.63, 3.8) is 0 Å². The fourth-order valence-corrected chi connectivity index (χ4v) is 2.24. The van der Waals surface area contributed by atoms with Crippen LogP contribution in [-0.2, 0) is 0 Å². The first-order chi connectivity index (χ1) is 11.6. The molecule has 2 aromatic carbocycles. The second-order valence-electron chi connectivity index (χ2n) is 4.77. The van der Waals surface area contributed by atoms with Crippen LogP contribution in [0.25, 0.3) is 0 Å². The predicted molar refractivity (Wildman–Crippen MR) is 95.8 cm³/mol. The first kappa shape index (κ1) is 16.3. The van der Waals surface area contributed by atoms with Gasteiger partial charge >= 0.3 is 0 Å². The van der Waals surface area contributed by atoms with Crippen molar-refractivity contribution in [3.8, 4) is 5.75 Å². The Hall–Kier alpha value is -2.57. The van der Waals surface area contributed by atoms with Gasteiger partial charge in [-0.25, -0.2) is 0 Å². The minimum Gasteiger partial charge on any atom is -0.497 e. The number of aromatic nitrogens is 3. The summed E-state index contributed by atoms with van der Waals surface area (Å²) in [5.41, 5.74) is 1.57. The number of nitrogens with one attached hydrogen (secondary N) is 2. The van der Waals surface area contributed by atoms with E-state index in [2.05, 4.69) is 25.8 Å². The lowest BCUT2D eigenvalue weighted by Gasteiger charge is -2.08. The number of hydrogen-bond acceptors (Lipinski definition) is 6. The van der Waals surface area contributed by atoms with Crippen molar-refractivity contribution in [2.24, 2.45) is 0 Å². The standard InChI is InChI=1S/C16H13Cl2N5O/c1-24-12-5-2-10(3-6-12)20-15-9-19-23-16(22-15)21-11-4-7-13(17)14(18)8-11/h2-9H,1H3,(H2,20,21,22,23). The summed E-state index contributed by atoms with van der Waals surface area (Å²) in [6, 6.07) is 12.6. The third-order valence-electron chi connectivity index (χ3n) is 3.10. The molecule has 0 saturated heterocycles.